The second-order valence-electron chi connectivity index (χ2n) is 7.02. The van der Waals surface area contributed by atoms with Gasteiger partial charge < -0.3 is 10.4 Å². The van der Waals surface area contributed by atoms with Gasteiger partial charge in [-0.1, -0.05) is 57.2 Å². The third-order valence-electron chi connectivity index (χ3n) is 4.69. The molecule has 2 N–H and O–H groups in total. The molecule has 4 nitrogen and oxygen atoms in total. The van der Waals surface area contributed by atoms with Gasteiger partial charge >= 0.3 is 5.97 Å². The smallest absolute Gasteiger partial charge is 0.337 e. The summed E-state index contributed by atoms with van der Waals surface area (Å²) >= 11 is 0. The minimum atomic E-state index is -1.06. The molecule has 0 radical (unpaired) electrons. The summed E-state index contributed by atoms with van der Waals surface area (Å²) in [6.45, 7) is 4.08. The monoisotopic (exact) mass is 367 g/mol. The minimum Gasteiger partial charge on any atom is -0.478 e. The molecule has 2 rings (SSSR count). The zero-order chi connectivity index (χ0) is 19.6. The predicted molar refractivity (Wildman–Crippen MR) is 110 cm³/mol. The Hall–Kier alpha value is -2.62. The lowest BCUT2D eigenvalue weighted by molar-refractivity contribution is 0.0698. The van der Waals surface area contributed by atoms with Crippen molar-refractivity contribution in [3.05, 3.63) is 64.7 Å². The van der Waals surface area contributed by atoms with Crippen LogP contribution in [-0.2, 0) is 6.42 Å². The van der Waals surface area contributed by atoms with Crippen LogP contribution in [0.1, 0.15) is 77.3 Å². The van der Waals surface area contributed by atoms with Gasteiger partial charge in [0.2, 0.25) is 0 Å². The molecule has 0 fully saturated rings. The quantitative estimate of drug-likeness (QED) is 0.518. The van der Waals surface area contributed by atoms with Gasteiger partial charge in [-0.15, -0.1) is 0 Å². The minimum absolute atomic E-state index is 0.0913. The van der Waals surface area contributed by atoms with E-state index < -0.39 is 5.97 Å². The Balaban J connectivity index is 1.92. The highest BCUT2D eigenvalue weighted by Crippen LogP contribution is 2.19. The van der Waals surface area contributed by atoms with Crippen LogP contribution in [0.2, 0.25) is 0 Å². The molecule has 4 heteroatoms. The van der Waals surface area contributed by atoms with Crippen LogP contribution in [0, 0.1) is 6.92 Å². The van der Waals surface area contributed by atoms with Gasteiger partial charge in [-0.3, -0.25) is 4.79 Å². The Morgan fingerprint density at radius 3 is 2.26 bits per heavy atom. The van der Waals surface area contributed by atoms with Gasteiger partial charge in [-0.2, -0.15) is 0 Å². The topological polar surface area (TPSA) is 66.4 Å². The molecule has 0 bridgehead atoms. The Morgan fingerprint density at radius 2 is 1.59 bits per heavy atom. The summed E-state index contributed by atoms with van der Waals surface area (Å²) in [6, 6.07) is 12.5. The van der Waals surface area contributed by atoms with E-state index in [-0.39, 0.29) is 11.5 Å². The molecular weight excluding hydrogens is 338 g/mol. The lowest BCUT2D eigenvalue weighted by Gasteiger charge is -2.10. The van der Waals surface area contributed by atoms with Gasteiger partial charge in [0.1, 0.15) is 0 Å². The standard InChI is InChI=1S/C23H29NO3/c1-3-4-5-6-7-8-9-18-11-13-19(14-12-18)22(25)24-21-16-17(2)10-15-20(21)23(26)27/h10-16H,3-9H2,1-2H3,(H,24,25)(H,26,27). The average molecular weight is 367 g/mol. The Morgan fingerprint density at radius 1 is 0.926 bits per heavy atom. The van der Waals surface area contributed by atoms with Crippen LogP contribution >= 0.6 is 0 Å². The lowest BCUT2D eigenvalue weighted by atomic mass is 10.0. The van der Waals surface area contributed by atoms with E-state index in [1.165, 1.54) is 50.2 Å². The number of hydrogen-bond acceptors (Lipinski definition) is 2. The summed E-state index contributed by atoms with van der Waals surface area (Å²) in [5, 5.41) is 12.0. The number of carbonyl (C=O) groups is 2. The van der Waals surface area contributed by atoms with E-state index >= 15 is 0 Å². The summed E-state index contributed by atoms with van der Waals surface area (Å²) < 4.78 is 0. The highest BCUT2D eigenvalue weighted by Gasteiger charge is 2.13. The zero-order valence-corrected chi connectivity index (χ0v) is 16.3. The number of carboxylic acid groups (broad SMARTS) is 1. The largest absolute Gasteiger partial charge is 0.478 e. The van der Waals surface area contributed by atoms with Crippen LogP contribution in [0.15, 0.2) is 42.5 Å². The van der Waals surface area contributed by atoms with Crippen LogP contribution in [0.5, 0.6) is 0 Å². The number of hydrogen-bond donors (Lipinski definition) is 2. The number of carbonyl (C=O) groups excluding carboxylic acids is 1. The first kappa shape index (κ1) is 20.7. The van der Waals surface area contributed by atoms with Crippen molar-refractivity contribution < 1.29 is 14.7 Å². The van der Waals surface area contributed by atoms with Crippen molar-refractivity contribution in [2.45, 2.75) is 58.8 Å². The Labute approximate surface area is 161 Å². The number of anilines is 1. The molecule has 0 saturated heterocycles. The van der Waals surface area contributed by atoms with Crippen LogP contribution in [0.4, 0.5) is 5.69 Å². The van der Waals surface area contributed by atoms with Crippen molar-refractivity contribution >= 4 is 17.6 Å². The molecule has 0 aliphatic rings. The van der Waals surface area contributed by atoms with Crippen LogP contribution in [0.3, 0.4) is 0 Å². The maximum Gasteiger partial charge on any atom is 0.337 e. The Bertz CT molecular complexity index is 766. The summed E-state index contributed by atoms with van der Waals surface area (Å²) in [7, 11) is 0. The fourth-order valence-corrected chi connectivity index (χ4v) is 3.07. The van der Waals surface area contributed by atoms with E-state index in [2.05, 4.69) is 12.2 Å². The second-order valence-corrected chi connectivity index (χ2v) is 7.02. The molecule has 0 atom stereocenters. The number of nitrogens with one attached hydrogen (secondary N) is 1. The SMILES string of the molecule is CCCCCCCCc1ccc(C(=O)Nc2cc(C)ccc2C(=O)O)cc1. The molecule has 0 heterocycles. The fourth-order valence-electron chi connectivity index (χ4n) is 3.07. The fraction of sp³-hybridized carbons (Fsp3) is 0.391. The maximum atomic E-state index is 12.5. The summed E-state index contributed by atoms with van der Waals surface area (Å²) in [5.41, 5.74) is 3.06. The van der Waals surface area contributed by atoms with Crippen LogP contribution < -0.4 is 5.32 Å². The third-order valence-corrected chi connectivity index (χ3v) is 4.69. The van der Waals surface area contributed by atoms with E-state index in [9.17, 15) is 14.7 Å². The van der Waals surface area contributed by atoms with E-state index in [0.29, 0.717) is 11.3 Å². The summed E-state index contributed by atoms with van der Waals surface area (Å²) in [6.07, 6.45) is 8.61. The van der Waals surface area contributed by atoms with Crippen molar-refractivity contribution in [1.82, 2.24) is 0 Å². The molecule has 2 aromatic rings. The molecular formula is C23H29NO3. The van der Waals surface area contributed by atoms with E-state index in [0.717, 1.165) is 12.0 Å². The number of aromatic carboxylic acids is 1. The van der Waals surface area contributed by atoms with Crippen molar-refractivity contribution in [2.24, 2.45) is 0 Å². The highest BCUT2D eigenvalue weighted by atomic mass is 16.4. The molecule has 0 aliphatic heterocycles. The summed E-state index contributed by atoms with van der Waals surface area (Å²) in [4.78, 5) is 23.8. The number of unbranched alkanes of at least 4 members (excludes halogenated alkanes) is 5. The van der Waals surface area contributed by atoms with Crippen molar-refractivity contribution in [2.75, 3.05) is 5.32 Å². The zero-order valence-electron chi connectivity index (χ0n) is 16.3. The molecule has 0 saturated carbocycles. The number of benzene rings is 2. The lowest BCUT2D eigenvalue weighted by Crippen LogP contribution is -2.15. The maximum absolute atomic E-state index is 12.5. The van der Waals surface area contributed by atoms with Gasteiger partial charge in [0.25, 0.3) is 5.91 Å². The van der Waals surface area contributed by atoms with Crippen molar-refractivity contribution in [1.29, 1.82) is 0 Å². The number of carboxylic acids is 1. The first-order chi connectivity index (χ1) is 13.0. The molecule has 1 amide bonds. The van der Waals surface area contributed by atoms with E-state index in [4.69, 9.17) is 0 Å². The van der Waals surface area contributed by atoms with Crippen LogP contribution in [-0.4, -0.2) is 17.0 Å². The second kappa shape index (κ2) is 10.5. The molecule has 27 heavy (non-hydrogen) atoms. The molecule has 144 valence electrons. The number of amides is 1. The molecule has 0 aromatic heterocycles. The van der Waals surface area contributed by atoms with E-state index in [1.54, 1.807) is 24.3 Å². The highest BCUT2D eigenvalue weighted by molar-refractivity contribution is 6.07. The summed E-state index contributed by atoms with van der Waals surface area (Å²) in [5.74, 6) is -1.35. The van der Waals surface area contributed by atoms with Gasteiger partial charge in [0.05, 0.1) is 11.3 Å². The van der Waals surface area contributed by atoms with E-state index in [1.807, 2.05) is 19.1 Å². The van der Waals surface area contributed by atoms with Gasteiger partial charge in [0, 0.05) is 5.56 Å². The molecule has 2 aromatic carbocycles. The molecule has 0 aliphatic carbocycles. The van der Waals surface area contributed by atoms with Gasteiger partial charge in [-0.05, 0) is 55.2 Å². The van der Waals surface area contributed by atoms with Gasteiger partial charge in [0.15, 0.2) is 0 Å². The predicted octanol–water partition coefficient (Wildman–Crippen LogP) is 5.85. The van der Waals surface area contributed by atoms with Crippen molar-refractivity contribution in [3.63, 3.8) is 0 Å². The third kappa shape index (κ3) is 6.55. The van der Waals surface area contributed by atoms with Crippen molar-refractivity contribution in [3.8, 4) is 0 Å². The normalized spacial score (nSPS) is 10.6. The number of aryl methyl sites for hydroxylation is 2. The average Bonchev–Trinajstić information content (AvgIpc) is 2.65. The molecule has 0 unspecified atom stereocenters. The molecule has 0 spiro atoms. The van der Waals surface area contributed by atoms with Gasteiger partial charge in [-0.25, -0.2) is 4.79 Å². The first-order valence-corrected chi connectivity index (χ1v) is 9.75. The van der Waals surface area contributed by atoms with Crippen LogP contribution in [0.25, 0.3) is 0 Å². The first-order valence-electron chi connectivity index (χ1n) is 9.75. The Kier molecular flexibility index (Phi) is 8.05. The number of rotatable bonds is 10.